The summed E-state index contributed by atoms with van der Waals surface area (Å²) in [5, 5.41) is 8.78. The summed E-state index contributed by atoms with van der Waals surface area (Å²) in [6, 6.07) is 0. The van der Waals surface area contributed by atoms with Gasteiger partial charge in [0.1, 0.15) is 0 Å². The molecule has 1 nitrogen and oxygen atoms in total. The highest BCUT2D eigenvalue weighted by molar-refractivity contribution is 5.26. The Balaban J connectivity index is 2.55. The maximum atomic E-state index is 8.78. The van der Waals surface area contributed by atoms with Gasteiger partial charge in [0, 0.05) is 5.92 Å². The SMILES string of the molecule is CCC1=CC=CC1CO. The molecule has 0 amide bonds. The molecule has 1 aliphatic carbocycles. The first-order chi connectivity index (χ1) is 4.38. The normalized spacial score (nSPS) is 24.7. The Labute approximate surface area is 55.7 Å². The molecule has 0 saturated carbocycles. The fourth-order valence-corrected chi connectivity index (χ4v) is 1.12. The van der Waals surface area contributed by atoms with E-state index < -0.39 is 0 Å². The van der Waals surface area contributed by atoms with E-state index >= 15 is 0 Å². The summed E-state index contributed by atoms with van der Waals surface area (Å²) in [5.41, 5.74) is 1.34. The molecule has 1 N–H and O–H groups in total. The van der Waals surface area contributed by atoms with Gasteiger partial charge in [-0.25, -0.2) is 0 Å². The molecular weight excluding hydrogens is 112 g/mol. The van der Waals surface area contributed by atoms with Crippen molar-refractivity contribution in [3.05, 3.63) is 23.8 Å². The van der Waals surface area contributed by atoms with E-state index in [-0.39, 0.29) is 6.61 Å². The first kappa shape index (κ1) is 6.56. The van der Waals surface area contributed by atoms with Gasteiger partial charge in [0.2, 0.25) is 0 Å². The molecule has 0 aliphatic heterocycles. The predicted octanol–water partition coefficient (Wildman–Crippen LogP) is 1.50. The fraction of sp³-hybridized carbons (Fsp3) is 0.500. The van der Waals surface area contributed by atoms with Crippen LogP contribution in [-0.2, 0) is 0 Å². The molecule has 0 aromatic heterocycles. The van der Waals surface area contributed by atoms with Gasteiger partial charge in [-0.3, -0.25) is 0 Å². The van der Waals surface area contributed by atoms with Crippen LogP contribution in [0.4, 0.5) is 0 Å². The molecule has 0 aromatic rings. The van der Waals surface area contributed by atoms with Crippen LogP contribution < -0.4 is 0 Å². The summed E-state index contributed by atoms with van der Waals surface area (Å²) in [7, 11) is 0. The summed E-state index contributed by atoms with van der Waals surface area (Å²) in [6.45, 7) is 2.37. The standard InChI is InChI=1S/C8H12O/c1-2-7-4-3-5-8(7)6-9/h3-5,8-9H,2,6H2,1H3. The van der Waals surface area contributed by atoms with Gasteiger partial charge in [0.05, 0.1) is 6.61 Å². The van der Waals surface area contributed by atoms with Crippen molar-refractivity contribution in [2.45, 2.75) is 13.3 Å². The number of rotatable bonds is 2. The summed E-state index contributed by atoms with van der Waals surface area (Å²) in [6.07, 6.45) is 7.19. The maximum absolute atomic E-state index is 8.78. The van der Waals surface area contributed by atoms with Gasteiger partial charge >= 0.3 is 0 Å². The zero-order valence-corrected chi connectivity index (χ0v) is 5.67. The largest absolute Gasteiger partial charge is 0.395 e. The minimum atomic E-state index is 0.260. The zero-order chi connectivity index (χ0) is 6.69. The lowest BCUT2D eigenvalue weighted by atomic mass is 10.0. The molecule has 50 valence electrons. The minimum Gasteiger partial charge on any atom is -0.395 e. The van der Waals surface area contributed by atoms with Crippen molar-refractivity contribution in [2.24, 2.45) is 5.92 Å². The molecule has 0 bridgehead atoms. The number of aliphatic hydroxyl groups excluding tert-OH is 1. The first-order valence-corrected chi connectivity index (χ1v) is 3.36. The Morgan fingerprint density at radius 3 is 2.89 bits per heavy atom. The van der Waals surface area contributed by atoms with E-state index in [2.05, 4.69) is 13.0 Å². The average molecular weight is 124 g/mol. The molecule has 0 fully saturated rings. The monoisotopic (exact) mass is 124 g/mol. The topological polar surface area (TPSA) is 20.2 Å². The molecule has 0 aromatic carbocycles. The average Bonchev–Trinajstić information content (AvgIpc) is 2.33. The van der Waals surface area contributed by atoms with Gasteiger partial charge in [0.15, 0.2) is 0 Å². The van der Waals surface area contributed by atoms with Gasteiger partial charge in [-0.2, -0.15) is 0 Å². The Hall–Kier alpha value is -0.560. The van der Waals surface area contributed by atoms with Crippen LogP contribution >= 0.6 is 0 Å². The van der Waals surface area contributed by atoms with Gasteiger partial charge in [0.25, 0.3) is 0 Å². The molecule has 0 spiro atoms. The summed E-state index contributed by atoms with van der Waals surface area (Å²) >= 11 is 0. The second kappa shape index (κ2) is 2.83. The molecule has 1 heteroatoms. The predicted molar refractivity (Wildman–Crippen MR) is 38.1 cm³/mol. The van der Waals surface area contributed by atoms with Crippen LogP contribution in [0.1, 0.15) is 13.3 Å². The van der Waals surface area contributed by atoms with Crippen LogP contribution in [0.25, 0.3) is 0 Å². The summed E-state index contributed by atoms with van der Waals surface area (Å²) < 4.78 is 0. The highest BCUT2D eigenvalue weighted by atomic mass is 16.3. The van der Waals surface area contributed by atoms with Crippen LogP contribution in [0, 0.1) is 5.92 Å². The van der Waals surface area contributed by atoms with E-state index in [0.717, 1.165) is 6.42 Å². The van der Waals surface area contributed by atoms with Gasteiger partial charge in [-0.05, 0) is 6.42 Å². The third kappa shape index (κ3) is 1.22. The second-order valence-electron chi connectivity index (χ2n) is 2.27. The third-order valence-electron chi connectivity index (χ3n) is 1.73. The van der Waals surface area contributed by atoms with Crippen molar-refractivity contribution >= 4 is 0 Å². The Morgan fingerprint density at radius 1 is 1.67 bits per heavy atom. The van der Waals surface area contributed by atoms with Crippen LogP contribution in [-0.4, -0.2) is 11.7 Å². The lowest BCUT2D eigenvalue weighted by Gasteiger charge is -2.06. The number of allylic oxidation sites excluding steroid dienone is 2. The van der Waals surface area contributed by atoms with Crippen molar-refractivity contribution < 1.29 is 5.11 Å². The van der Waals surface area contributed by atoms with Crippen LogP contribution in [0.15, 0.2) is 23.8 Å². The van der Waals surface area contributed by atoms with E-state index in [0.29, 0.717) is 5.92 Å². The molecule has 1 atom stereocenters. The molecule has 0 radical (unpaired) electrons. The van der Waals surface area contributed by atoms with Crippen molar-refractivity contribution in [3.63, 3.8) is 0 Å². The van der Waals surface area contributed by atoms with Crippen molar-refractivity contribution in [3.8, 4) is 0 Å². The Kier molecular flexibility index (Phi) is 2.06. The fourth-order valence-electron chi connectivity index (χ4n) is 1.12. The highest BCUT2D eigenvalue weighted by Gasteiger charge is 2.10. The third-order valence-corrected chi connectivity index (χ3v) is 1.73. The Morgan fingerprint density at radius 2 is 2.44 bits per heavy atom. The molecule has 0 saturated heterocycles. The molecular formula is C8H12O. The van der Waals surface area contributed by atoms with E-state index in [1.165, 1.54) is 5.57 Å². The quantitative estimate of drug-likeness (QED) is 0.591. The van der Waals surface area contributed by atoms with Crippen LogP contribution in [0.5, 0.6) is 0 Å². The smallest absolute Gasteiger partial charge is 0.0531 e. The van der Waals surface area contributed by atoms with Crippen LogP contribution in [0.3, 0.4) is 0 Å². The first-order valence-electron chi connectivity index (χ1n) is 3.36. The van der Waals surface area contributed by atoms with Crippen molar-refractivity contribution in [1.29, 1.82) is 0 Å². The zero-order valence-electron chi connectivity index (χ0n) is 5.67. The molecule has 1 rings (SSSR count). The summed E-state index contributed by atoms with van der Waals surface area (Å²) in [5.74, 6) is 0.315. The molecule has 0 heterocycles. The summed E-state index contributed by atoms with van der Waals surface area (Å²) in [4.78, 5) is 0. The van der Waals surface area contributed by atoms with Crippen molar-refractivity contribution in [1.82, 2.24) is 0 Å². The van der Waals surface area contributed by atoms with E-state index in [9.17, 15) is 0 Å². The van der Waals surface area contributed by atoms with Gasteiger partial charge < -0.3 is 5.11 Å². The van der Waals surface area contributed by atoms with E-state index in [1.807, 2.05) is 12.2 Å². The minimum absolute atomic E-state index is 0.260. The van der Waals surface area contributed by atoms with E-state index in [4.69, 9.17) is 5.11 Å². The van der Waals surface area contributed by atoms with Crippen molar-refractivity contribution in [2.75, 3.05) is 6.61 Å². The number of aliphatic hydroxyl groups is 1. The lowest BCUT2D eigenvalue weighted by molar-refractivity contribution is 0.268. The van der Waals surface area contributed by atoms with Gasteiger partial charge in [-0.1, -0.05) is 30.7 Å². The number of hydrogen-bond acceptors (Lipinski definition) is 1. The molecule has 1 aliphatic rings. The maximum Gasteiger partial charge on any atom is 0.0531 e. The number of hydrogen-bond donors (Lipinski definition) is 1. The molecule has 9 heavy (non-hydrogen) atoms. The van der Waals surface area contributed by atoms with E-state index in [1.54, 1.807) is 0 Å². The second-order valence-corrected chi connectivity index (χ2v) is 2.27. The Bertz CT molecular complexity index is 145. The van der Waals surface area contributed by atoms with Crippen LogP contribution in [0.2, 0.25) is 0 Å². The van der Waals surface area contributed by atoms with Gasteiger partial charge in [-0.15, -0.1) is 0 Å². The lowest BCUT2D eigenvalue weighted by Crippen LogP contribution is -2.02. The highest BCUT2D eigenvalue weighted by Crippen LogP contribution is 2.20. The molecule has 1 unspecified atom stereocenters.